The molecule has 0 spiro atoms. The lowest BCUT2D eigenvalue weighted by Gasteiger charge is -2.39. The molecule has 0 radical (unpaired) electrons. The van der Waals surface area contributed by atoms with Crippen LogP contribution in [0.25, 0.3) is 11.3 Å². The maximum atomic E-state index is 13.4. The molecule has 0 amide bonds. The van der Waals surface area contributed by atoms with Crippen LogP contribution in [0.4, 0.5) is 5.95 Å². The second-order valence-corrected chi connectivity index (χ2v) is 10.2. The Bertz CT molecular complexity index is 974. The Kier molecular flexibility index (Phi) is 5.50. The van der Waals surface area contributed by atoms with Gasteiger partial charge in [0.1, 0.15) is 5.75 Å². The van der Waals surface area contributed by atoms with Crippen LogP contribution in [0.1, 0.15) is 43.9 Å². The fourth-order valence-corrected chi connectivity index (χ4v) is 6.22. The van der Waals surface area contributed by atoms with Crippen molar-refractivity contribution in [3.63, 3.8) is 0 Å². The molecule has 0 saturated carbocycles. The molecule has 2 saturated heterocycles. The fourth-order valence-electron chi connectivity index (χ4n) is 4.65. The summed E-state index contributed by atoms with van der Waals surface area (Å²) < 4.78 is 24.4. The summed E-state index contributed by atoms with van der Waals surface area (Å²) in [6, 6.07) is 6.52. The van der Waals surface area contributed by atoms with Crippen LogP contribution >= 0.6 is 0 Å². The van der Waals surface area contributed by atoms with Gasteiger partial charge in [0.2, 0.25) is 5.95 Å². The van der Waals surface area contributed by atoms with Crippen LogP contribution in [-0.2, 0) is 28.4 Å². The van der Waals surface area contributed by atoms with E-state index in [0.717, 1.165) is 60.8 Å². The predicted octanol–water partition coefficient (Wildman–Crippen LogP) is 3.53. The summed E-state index contributed by atoms with van der Waals surface area (Å²) in [6.07, 6.45) is 5.96. The zero-order chi connectivity index (χ0) is 20.7. The molecular formula is C23H29N3O3S. The van der Waals surface area contributed by atoms with Crippen LogP contribution in [0.15, 0.2) is 23.1 Å². The van der Waals surface area contributed by atoms with Crippen molar-refractivity contribution in [3.8, 4) is 17.0 Å². The molecule has 1 aromatic heterocycles. The molecule has 1 unspecified atom stereocenters. The Morgan fingerprint density at radius 1 is 1.17 bits per heavy atom. The third kappa shape index (κ3) is 3.52. The second kappa shape index (κ2) is 8.27. The van der Waals surface area contributed by atoms with Crippen molar-refractivity contribution in [2.24, 2.45) is 0 Å². The highest BCUT2D eigenvalue weighted by molar-refractivity contribution is 7.85. The van der Waals surface area contributed by atoms with Gasteiger partial charge in [0.15, 0.2) is 0 Å². The maximum absolute atomic E-state index is 13.4. The number of anilines is 1. The van der Waals surface area contributed by atoms with Gasteiger partial charge in [-0.05, 0) is 63.6 Å². The van der Waals surface area contributed by atoms with E-state index in [4.69, 9.17) is 19.4 Å². The van der Waals surface area contributed by atoms with E-state index in [1.165, 1.54) is 17.7 Å². The molecule has 30 heavy (non-hydrogen) atoms. The van der Waals surface area contributed by atoms with Crippen LogP contribution in [0, 0.1) is 0 Å². The van der Waals surface area contributed by atoms with E-state index in [9.17, 15) is 4.21 Å². The van der Waals surface area contributed by atoms with Crippen molar-refractivity contribution < 1.29 is 13.7 Å². The Labute approximate surface area is 180 Å². The summed E-state index contributed by atoms with van der Waals surface area (Å²) in [5.41, 5.74) is 4.44. The van der Waals surface area contributed by atoms with E-state index < -0.39 is 10.8 Å². The first-order chi connectivity index (χ1) is 14.7. The molecule has 2 fully saturated rings. The average Bonchev–Trinajstić information content (AvgIpc) is 3.26. The van der Waals surface area contributed by atoms with E-state index in [-0.39, 0.29) is 5.25 Å². The Hall–Kier alpha value is -1.99. The van der Waals surface area contributed by atoms with Gasteiger partial charge in [-0.2, -0.15) is 0 Å². The topological polar surface area (TPSA) is 64.5 Å². The lowest BCUT2D eigenvalue weighted by Crippen LogP contribution is -2.46. The summed E-state index contributed by atoms with van der Waals surface area (Å²) in [5.74, 6) is 1.53. The van der Waals surface area contributed by atoms with Crippen LogP contribution in [-0.4, -0.2) is 52.3 Å². The molecule has 160 valence electrons. The molecule has 2 atom stereocenters. The lowest BCUT2D eigenvalue weighted by molar-refractivity contribution is 0.0992. The van der Waals surface area contributed by atoms with Gasteiger partial charge in [-0.15, -0.1) is 0 Å². The molecule has 7 heteroatoms. The first kappa shape index (κ1) is 19.9. The lowest BCUT2D eigenvalue weighted by atomic mass is 10.0. The van der Waals surface area contributed by atoms with Crippen LogP contribution in [0.3, 0.4) is 0 Å². The molecule has 2 aliphatic heterocycles. The molecule has 5 rings (SSSR count). The van der Waals surface area contributed by atoms with Crippen molar-refractivity contribution in [2.75, 3.05) is 31.8 Å². The first-order valence-electron chi connectivity index (χ1n) is 11.0. The van der Waals surface area contributed by atoms with Crippen molar-refractivity contribution in [2.45, 2.75) is 61.6 Å². The van der Waals surface area contributed by atoms with Crippen LogP contribution in [0.2, 0.25) is 0 Å². The minimum absolute atomic E-state index is 0.108. The number of methoxy groups -OCH3 is 1. The molecule has 2 aromatic rings. The molecule has 0 bridgehead atoms. The van der Waals surface area contributed by atoms with Gasteiger partial charge in [-0.3, -0.25) is 4.21 Å². The van der Waals surface area contributed by atoms with E-state index in [0.29, 0.717) is 25.0 Å². The summed E-state index contributed by atoms with van der Waals surface area (Å²) in [5, 5.41) is 0.108. The van der Waals surface area contributed by atoms with E-state index >= 15 is 0 Å². The number of ether oxygens (including phenoxy) is 2. The van der Waals surface area contributed by atoms with E-state index in [2.05, 4.69) is 11.8 Å². The molecular weight excluding hydrogens is 398 g/mol. The van der Waals surface area contributed by atoms with Gasteiger partial charge in [-0.25, -0.2) is 9.97 Å². The molecule has 1 aliphatic carbocycles. The molecule has 3 aliphatic rings. The molecule has 3 heterocycles. The standard InChI is InChI=1S/C23H29N3O3S/c1-15-8-11-26(15)23-24-19-5-3-4-18(19)22(25-23)16-6-7-20(28-2)21(14-16)30(27)17-9-12-29-13-10-17/h6-7,14-15,17H,3-5,8-13H2,1-2H3/t15-,30?/m0/s1. The summed E-state index contributed by atoms with van der Waals surface area (Å²) in [4.78, 5) is 13.0. The molecule has 6 nitrogen and oxygen atoms in total. The summed E-state index contributed by atoms with van der Waals surface area (Å²) in [7, 11) is 0.512. The summed E-state index contributed by atoms with van der Waals surface area (Å²) >= 11 is 0. The number of hydrogen-bond donors (Lipinski definition) is 0. The highest BCUT2D eigenvalue weighted by atomic mass is 32.2. The number of hydrogen-bond acceptors (Lipinski definition) is 6. The van der Waals surface area contributed by atoms with Crippen LogP contribution < -0.4 is 9.64 Å². The normalized spacial score (nSPS) is 22.5. The first-order valence-corrected chi connectivity index (χ1v) is 12.2. The Morgan fingerprint density at radius 3 is 2.70 bits per heavy atom. The van der Waals surface area contributed by atoms with Crippen molar-refractivity contribution in [3.05, 3.63) is 29.5 Å². The quantitative estimate of drug-likeness (QED) is 0.727. The van der Waals surface area contributed by atoms with Crippen molar-refractivity contribution >= 4 is 16.7 Å². The largest absolute Gasteiger partial charge is 0.495 e. The predicted molar refractivity (Wildman–Crippen MR) is 118 cm³/mol. The highest BCUT2D eigenvalue weighted by Crippen LogP contribution is 2.37. The average molecular weight is 428 g/mol. The Morgan fingerprint density at radius 2 is 2.00 bits per heavy atom. The third-order valence-corrected chi connectivity index (χ3v) is 8.45. The minimum Gasteiger partial charge on any atom is -0.495 e. The van der Waals surface area contributed by atoms with Gasteiger partial charge in [0.05, 0.1) is 28.5 Å². The zero-order valence-corrected chi connectivity index (χ0v) is 18.5. The Balaban J connectivity index is 1.56. The van der Waals surface area contributed by atoms with Gasteiger partial charge in [0, 0.05) is 47.9 Å². The number of rotatable bonds is 5. The third-order valence-electron chi connectivity index (χ3n) is 6.62. The number of aromatic nitrogens is 2. The smallest absolute Gasteiger partial charge is 0.226 e. The highest BCUT2D eigenvalue weighted by Gasteiger charge is 2.30. The minimum atomic E-state index is -1.13. The van der Waals surface area contributed by atoms with Gasteiger partial charge < -0.3 is 14.4 Å². The molecule has 1 aromatic carbocycles. The maximum Gasteiger partial charge on any atom is 0.226 e. The number of nitrogens with zero attached hydrogens (tertiary/aromatic N) is 3. The number of benzene rings is 1. The van der Waals surface area contributed by atoms with Crippen LogP contribution in [0.5, 0.6) is 5.75 Å². The SMILES string of the molecule is COc1ccc(-c2nc(N3CC[C@@H]3C)nc3c2CCC3)cc1S(=O)C1CCOCC1. The zero-order valence-electron chi connectivity index (χ0n) is 17.7. The van der Waals surface area contributed by atoms with Crippen molar-refractivity contribution in [1.82, 2.24) is 9.97 Å². The second-order valence-electron chi connectivity index (χ2n) is 8.46. The fraction of sp³-hybridized carbons (Fsp3) is 0.565. The van der Waals surface area contributed by atoms with Gasteiger partial charge >= 0.3 is 0 Å². The van der Waals surface area contributed by atoms with Gasteiger partial charge in [-0.1, -0.05) is 0 Å². The van der Waals surface area contributed by atoms with Crippen molar-refractivity contribution in [1.29, 1.82) is 0 Å². The van der Waals surface area contributed by atoms with E-state index in [1.54, 1.807) is 7.11 Å². The van der Waals surface area contributed by atoms with E-state index in [1.807, 2.05) is 18.2 Å². The van der Waals surface area contributed by atoms with Gasteiger partial charge in [0.25, 0.3) is 0 Å². The number of aryl methyl sites for hydroxylation is 1. The monoisotopic (exact) mass is 427 g/mol. The number of fused-ring (bicyclic) bond motifs is 1. The molecule has 0 N–H and O–H groups in total. The summed E-state index contributed by atoms with van der Waals surface area (Å²) in [6.45, 7) is 4.59.